The molecule has 3 aliphatic rings. The van der Waals surface area contributed by atoms with Gasteiger partial charge in [-0.15, -0.1) is 0 Å². The van der Waals surface area contributed by atoms with Crippen molar-refractivity contribution in [3.8, 4) is 0 Å². The molecule has 2 amide bonds. The van der Waals surface area contributed by atoms with Crippen molar-refractivity contribution >= 4 is 23.8 Å². The summed E-state index contributed by atoms with van der Waals surface area (Å²) in [6.07, 6.45) is -12.9. The molecule has 2 saturated heterocycles. The molecule has 0 aromatic rings. The number of rotatable bonds is 10. The molecule has 0 aromatic carbocycles. The fourth-order valence-corrected chi connectivity index (χ4v) is 4.59. The highest BCUT2D eigenvalue weighted by Gasteiger charge is 2.62. The number of aliphatic hydroxyl groups is 7. The SMILES string of the molecule is CC(=O)NC(C1C=C(OC(=O)C23CC(O)C(NC(C)=O)C(O2)C(O)C(CO)O3)C(=O)O1)C(O)C(O)C(O)CO. The molecule has 17 heteroatoms. The minimum atomic E-state index is -2.43. The van der Waals surface area contributed by atoms with Crippen LogP contribution >= 0.6 is 0 Å². The number of amides is 2. The van der Waals surface area contributed by atoms with Gasteiger partial charge in [-0.05, 0) is 0 Å². The number of esters is 2. The first-order chi connectivity index (χ1) is 18.2. The summed E-state index contributed by atoms with van der Waals surface area (Å²) < 4.78 is 21.2. The van der Waals surface area contributed by atoms with Gasteiger partial charge in [0.1, 0.15) is 42.7 Å². The van der Waals surface area contributed by atoms with Crippen LogP contribution in [0, 0.1) is 0 Å². The maximum atomic E-state index is 13.2. The van der Waals surface area contributed by atoms with E-state index in [1.807, 2.05) is 0 Å². The van der Waals surface area contributed by atoms with Crippen molar-refractivity contribution in [1.82, 2.24) is 10.6 Å². The lowest BCUT2D eigenvalue weighted by Gasteiger charge is -2.52. The zero-order valence-electron chi connectivity index (χ0n) is 20.9. The third-order valence-corrected chi connectivity index (χ3v) is 6.48. The third kappa shape index (κ3) is 6.37. The molecule has 3 aliphatic heterocycles. The first-order valence-corrected chi connectivity index (χ1v) is 11.9. The molecule has 220 valence electrons. The van der Waals surface area contributed by atoms with E-state index in [1.165, 1.54) is 0 Å². The molecule has 0 saturated carbocycles. The first-order valence-electron chi connectivity index (χ1n) is 11.9. The van der Waals surface area contributed by atoms with Gasteiger partial charge in [0.2, 0.25) is 17.6 Å². The number of aliphatic hydroxyl groups excluding tert-OH is 7. The van der Waals surface area contributed by atoms with E-state index in [1.54, 1.807) is 0 Å². The molecule has 11 unspecified atom stereocenters. The molecule has 0 spiro atoms. The van der Waals surface area contributed by atoms with Gasteiger partial charge in [0, 0.05) is 26.3 Å². The number of ether oxygens (including phenoxy) is 4. The van der Waals surface area contributed by atoms with E-state index in [2.05, 4.69) is 10.6 Å². The van der Waals surface area contributed by atoms with Gasteiger partial charge in [0.25, 0.3) is 5.79 Å². The molecule has 39 heavy (non-hydrogen) atoms. The predicted molar refractivity (Wildman–Crippen MR) is 121 cm³/mol. The molecule has 3 heterocycles. The average molecular weight is 564 g/mol. The Bertz CT molecular complexity index is 991. The Kier molecular flexibility index (Phi) is 9.63. The van der Waals surface area contributed by atoms with Crippen LogP contribution in [0.15, 0.2) is 11.8 Å². The molecule has 3 rings (SSSR count). The molecule has 9 N–H and O–H groups in total. The van der Waals surface area contributed by atoms with Crippen LogP contribution in [0.3, 0.4) is 0 Å². The van der Waals surface area contributed by atoms with Crippen molar-refractivity contribution in [3.63, 3.8) is 0 Å². The van der Waals surface area contributed by atoms with Crippen molar-refractivity contribution in [2.24, 2.45) is 0 Å². The quantitative estimate of drug-likeness (QED) is 0.112. The van der Waals surface area contributed by atoms with Gasteiger partial charge in [0.05, 0.1) is 31.4 Å². The van der Waals surface area contributed by atoms with Crippen molar-refractivity contribution in [1.29, 1.82) is 0 Å². The predicted octanol–water partition coefficient (Wildman–Crippen LogP) is -5.98. The zero-order chi connectivity index (χ0) is 29.2. The molecule has 2 bridgehead atoms. The molecular formula is C22H32N2O15. The van der Waals surface area contributed by atoms with E-state index in [0.717, 1.165) is 19.9 Å². The first kappa shape index (κ1) is 30.8. The second-order valence-electron chi connectivity index (χ2n) is 9.41. The Balaban J connectivity index is 1.85. The van der Waals surface area contributed by atoms with Crippen LogP contribution in [0.5, 0.6) is 0 Å². The number of hydrogen-bond acceptors (Lipinski definition) is 15. The summed E-state index contributed by atoms with van der Waals surface area (Å²) >= 11 is 0. The third-order valence-electron chi connectivity index (χ3n) is 6.48. The Hall–Kier alpha value is -2.74. The summed E-state index contributed by atoms with van der Waals surface area (Å²) in [5.74, 6) is -7.13. The lowest BCUT2D eigenvalue weighted by molar-refractivity contribution is -0.370. The topological polar surface area (TPSA) is 271 Å². The number of fused-ring (bicyclic) bond motifs is 2. The molecule has 0 aliphatic carbocycles. The highest BCUT2D eigenvalue weighted by molar-refractivity contribution is 5.93. The summed E-state index contributed by atoms with van der Waals surface area (Å²) in [4.78, 5) is 48.9. The number of hydrogen-bond donors (Lipinski definition) is 9. The minimum absolute atomic E-state index is 0.575. The fraction of sp³-hybridized carbons (Fsp3) is 0.727. The highest BCUT2D eigenvalue weighted by Crippen LogP contribution is 2.40. The second kappa shape index (κ2) is 12.2. The molecule has 0 radical (unpaired) electrons. The van der Waals surface area contributed by atoms with Crippen molar-refractivity contribution in [2.75, 3.05) is 13.2 Å². The number of carbonyl (C=O) groups is 4. The minimum Gasteiger partial charge on any atom is -0.450 e. The molecule has 17 nitrogen and oxygen atoms in total. The molecular weight excluding hydrogens is 532 g/mol. The van der Waals surface area contributed by atoms with Crippen molar-refractivity contribution < 1.29 is 73.9 Å². The van der Waals surface area contributed by atoms with Crippen LogP contribution < -0.4 is 10.6 Å². The van der Waals surface area contributed by atoms with Gasteiger partial charge < -0.3 is 65.3 Å². The van der Waals surface area contributed by atoms with Crippen LogP contribution in [0.2, 0.25) is 0 Å². The summed E-state index contributed by atoms with van der Waals surface area (Å²) in [6.45, 7) is 0.485. The van der Waals surface area contributed by atoms with Gasteiger partial charge >= 0.3 is 11.9 Å². The van der Waals surface area contributed by atoms with Crippen LogP contribution in [0.1, 0.15) is 20.3 Å². The fourth-order valence-electron chi connectivity index (χ4n) is 4.59. The summed E-state index contributed by atoms with van der Waals surface area (Å²) in [7, 11) is 0. The van der Waals surface area contributed by atoms with E-state index < -0.39 is 116 Å². The number of cyclic esters (lactones) is 1. The van der Waals surface area contributed by atoms with E-state index in [4.69, 9.17) is 24.1 Å². The van der Waals surface area contributed by atoms with Gasteiger partial charge in [-0.3, -0.25) is 9.59 Å². The van der Waals surface area contributed by atoms with Gasteiger partial charge in [-0.25, -0.2) is 9.59 Å². The molecule has 11 atom stereocenters. The zero-order valence-corrected chi connectivity index (χ0v) is 20.9. The van der Waals surface area contributed by atoms with Crippen LogP contribution in [-0.4, -0.2) is 139 Å². The smallest absolute Gasteiger partial charge is 0.374 e. The largest absolute Gasteiger partial charge is 0.450 e. The number of carbonyl (C=O) groups excluding carboxylic acids is 4. The Morgan fingerprint density at radius 1 is 1.10 bits per heavy atom. The monoisotopic (exact) mass is 564 g/mol. The van der Waals surface area contributed by atoms with Crippen molar-refractivity contribution in [3.05, 3.63) is 11.8 Å². The lowest BCUT2D eigenvalue weighted by atomic mass is 9.86. The van der Waals surface area contributed by atoms with E-state index in [9.17, 15) is 49.8 Å². The van der Waals surface area contributed by atoms with Gasteiger partial charge in [-0.2, -0.15) is 0 Å². The highest BCUT2D eigenvalue weighted by atomic mass is 16.8. The number of nitrogens with one attached hydrogen (secondary N) is 2. The normalized spacial score (nSPS) is 35.1. The average Bonchev–Trinajstić information content (AvgIpc) is 3.24. The Morgan fingerprint density at radius 2 is 1.77 bits per heavy atom. The Labute approximate surface area is 220 Å². The summed E-state index contributed by atoms with van der Waals surface area (Å²) in [5, 5.41) is 74.6. The van der Waals surface area contributed by atoms with E-state index in [0.29, 0.717) is 0 Å². The maximum Gasteiger partial charge on any atom is 0.374 e. The van der Waals surface area contributed by atoms with Gasteiger partial charge in [0.15, 0.2) is 0 Å². The summed E-state index contributed by atoms with van der Waals surface area (Å²) in [6, 6.07) is -2.75. The standard InChI is InChI=1S/C22H32N2O15/c1-7(27)23-14-9(29)4-22(38-13(6-26)17(32)19(14)39-22)21(35)37-12-3-11(36-20(12)34)15(24-8(2)28)18(33)16(31)10(30)5-25/h3,9-11,13-19,25-26,29-33H,4-6H2,1-2H3,(H,23,27)(H,24,28). The summed E-state index contributed by atoms with van der Waals surface area (Å²) in [5.41, 5.74) is 0. The van der Waals surface area contributed by atoms with E-state index in [-0.39, 0.29) is 0 Å². The molecule has 2 fully saturated rings. The van der Waals surface area contributed by atoms with Crippen LogP contribution in [0.4, 0.5) is 0 Å². The second-order valence-corrected chi connectivity index (χ2v) is 9.41. The van der Waals surface area contributed by atoms with Crippen LogP contribution in [-0.2, 0) is 38.1 Å². The van der Waals surface area contributed by atoms with Crippen molar-refractivity contribution in [2.45, 2.75) is 87.0 Å². The van der Waals surface area contributed by atoms with E-state index >= 15 is 0 Å². The van der Waals surface area contributed by atoms with Crippen LogP contribution in [0.25, 0.3) is 0 Å². The van der Waals surface area contributed by atoms with Gasteiger partial charge in [-0.1, -0.05) is 0 Å². The maximum absolute atomic E-state index is 13.2. The molecule has 0 aromatic heterocycles. The lowest BCUT2D eigenvalue weighted by Crippen LogP contribution is -2.73. The Morgan fingerprint density at radius 3 is 2.33 bits per heavy atom.